The van der Waals surface area contributed by atoms with Crippen molar-refractivity contribution in [2.24, 2.45) is 5.92 Å². The highest BCUT2D eigenvalue weighted by molar-refractivity contribution is 4.60. The van der Waals surface area contributed by atoms with Gasteiger partial charge in [0.15, 0.2) is 0 Å². The van der Waals surface area contributed by atoms with Crippen molar-refractivity contribution in [3.05, 3.63) is 0 Å². The molecule has 0 heterocycles. The SMILES string of the molecule is CCCNCCCCCCN(CC)CC(C)CC. The van der Waals surface area contributed by atoms with Gasteiger partial charge >= 0.3 is 0 Å². The van der Waals surface area contributed by atoms with Gasteiger partial charge in [0.25, 0.3) is 0 Å². The number of unbranched alkanes of at least 4 members (excludes halogenated alkanes) is 3. The average molecular weight is 256 g/mol. The van der Waals surface area contributed by atoms with Gasteiger partial charge in [-0.2, -0.15) is 0 Å². The van der Waals surface area contributed by atoms with Crippen molar-refractivity contribution in [1.82, 2.24) is 10.2 Å². The normalized spacial score (nSPS) is 13.2. The molecular formula is C16H36N2. The number of nitrogens with one attached hydrogen (secondary N) is 1. The van der Waals surface area contributed by atoms with Crippen LogP contribution in [0.3, 0.4) is 0 Å². The smallest absolute Gasteiger partial charge is 0.000680 e. The third-order valence-electron chi connectivity index (χ3n) is 3.72. The van der Waals surface area contributed by atoms with Gasteiger partial charge in [-0.05, 0) is 51.4 Å². The molecule has 2 heteroatoms. The fourth-order valence-electron chi connectivity index (χ4n) is 2.19. The van der Waals surface area contributed by atoms with E-state index in [1.807, 2.05) is 0 Å². The highest BCUT2D eigenvalue weighted by Gasteiger charge is 2.06. The first-order valence-electron chi connectivity index (χ1n) is 8.17. The van der Waals surface area contributed by atoms with Crippen LogP contribution in [0.25, 0.3) is 0 Å². The fourth-order valence-corrected chi connectivity index (χ4v) is 2.19. The third-order valence-corrected chi connectivity index (χ3v) is 3.72. The Kier molecular flexibility index (Phi) is 13.3. The maximum Gasteiger partial charge on any atom is 0.000680 e. The lowest BCUT2D eigenvalue weighted by molar-refractivity contribution is 0.240. The van der Waals surface area contributed by atoms with Crippen LogP contribution >= 0.6 is 0 Å². The van der Waals surface area contributed by atoms with E-state index >= 15 is 0 Å². The van der Waals surface area contributed by atoms with Crippen LogP contribution in [-0.4, -0.2) is 37.6 Å². The van der Waals surface area contributed by atoms with E-state index in [-0.39, 0.29) is 0 Å². The molecule has 0 spiro atoms. The second-order valence-corrected chi connectivity index (χ2v) is 5.57. The van der Waals surface area contributed by atoms with Crippen molar-refractivity contribution in [3.63, 3.8) is 0 Å². The molecule has 0 aliphatic carbocycles. The Balaban J connectivity index is 3.34. The lowest BCUT2D eigenvalue weighted by Crippen LogP contribution is -2.29. The van der Waals surface area contributed by atoms with Crippen molar-refractivity contribution < 1.29 is 0 Å². The summed E-state index contributed by atoms with van der Waals surface area (Å²) in [5.74, 6) is 0.850. The van der Waals surface area contributed by atoms with Crippen LogP contribution in [0.1, 0.15) is 66.2 Å². The van der Waals surface area contributed by atoms with Gasteiger partial charge in [-0.15, -0.1) is 0 Å². The molecule has 2 nitrogen and oxygen atoms in total. The Hall–Kier alpha value is -0.0800. The minimum atomic E-state index is 0.850. The molecule has 0 aliphatic rings. The third kappa shape index (κ3) is 11.0. The maximum absolute atomic E-state index is 3.47. The lowest BCUT2D eigenvalue weighted by atomic mass is 10.1. The first kappa shape index (κ1) is 17.9. The Bertz CT molecular complexity index is 159. The van der Waals surface area contributed by atoms with Gasteiger partial charge in [-0.1, -0.05) is 47.0 Å². The van der Waals surface area contributed by atoms with Crippen molar-refractivity contribution in [1.29, 1.82) is 0 Å². The lowest BCUT2D eigenvalue weighted by Gasteiger charge is -2.23. The molecule has 1 atom stereocenters. The number of hydrogen-bond donors (Lipinski definition) is 1. The molecule has 18 heavy (non-hydrogen) atoms. The maximum atomic E-state index is 3.47. The Morgan fingerprint density at radius 3 is 2.28 bits per heavy atom. The summed E-state index contributed by atoms with van der Waals surface area (Å²) in [5.41, 5.74) is 0. The van der Waals surface area contributed by atoms with Gasteiger partial charge in [-0.3, -0.25) is 0 Å². The quantitative estimate of drug-likeness (QED) is 0.503. The zero-order valence-electron chi connectivity index (χ0n) is 13.3. The molecule has 0 rings (SSSR count). The van der Waals surface area contributed by atoms with Crippen molar-refractivity contribution in [2.75, 3.05) is 32.7 Å². The standard InChI is InChI=1S/C16H36N2/c1-5-12-17-13-10-8-9-11-14-18(7-3)15-16(4)6-2/h16-17H,5-15H2,1-4H3. The first-order valence-corrected chi connectivity index (χ1v) is 8.17. The summed E-state index contributed by atoms with van der Waals surface area (Å²) in [7, 11) is 0. The monoisotopic (exact) mass is 256 g/mol. The summed E-state index contributed by atoms with van der Waals surface area (Å²) in [6.45, 7) is 15.3. The van der Waals surface area contributed by atoms with Crippen molar-refractivity contribution in [2.45, 2.75) is 66.2 Å². The number of nitrogens with zero attached hydrogens (tertiary/aromatic N) is 1. The zero-order chi connectivity index (χ0) is 13.6. The summed E-state index contributed by atoms with van der Waals surface area (Å²) in [5, 5.41) is 3.47. The second-order valence-electron chi connectivity index (χ2n) is 5.57. The van der Waals surface area contributed by atoms with Gasteiger partial charge in [0.1, 0.15) is 0 Å². The first-order chi connectivity index (χ1) is 8.74. The van der Waals surface area contributed by atoms with E-state index in [0.29, 0.717) is 0 Å². The zero-order valence-corrected chi connectivity index (χ0v) is 13.3. The van der Waals surface area contributed by atoms with Crippen molar-refractivity contribution >= 4 is 0 Å². The molecule has 0 aliphatic heterocycles. The molecule has 110 valence electrons. The van der Waals surface area contributed by atoms with E-state index in [1.54, 1.807) is 0 Å². The molecule has 1 unspecified atom stereocenters. The predicted molar refractivity (Wildman–Crippen MR) is 83.2 cm³/mol. The van der Waals surface area contributed by atoms with E-state index in [0.717, 1.165) is 5.92 Å². The molecule has 0 saturated carbocycles. The average Bonchev–Trinajstić information content (AvgIpc) is 2.40. The molecule has 0 bridgehead atoms. The van der Waals surface area contributed by atoms with Crippen LogP contribution in [0.15, 0.2) is 0 Å². The molecule has 0 aromatic rings. The van der Waals surface area contributed by atoms with E-state index in [2.05, 4.69) is 37.9 Å². The fraction of sp³-hybridized carbons (Fsp3) is 1.00. The van der Waals surface area contributed by atoms with Gasteiger partial charge in [0.2, 0.25) is 0 Å². The van der Waals surface area contributed by atoms with Gasteiger partial charge in [-0.25, -0.2) is 0 Å². The largest absolute Gasteiger partial charge is 0.317 e. The highest BCUT2D eigenvalue weighted by Crippen LogP contribution is 2.06. The number of hydrogen-bond acceptors (Lipinski definition) is 2. The van der Waals surface area contributed by atoms with Gasteiger partial charge in [0.05, 0.1) is 0 Å². The highest BCUT2D eigenvalue weighted by atomic mass is 15.1. The topological polar surface area (TPSA) is 15.3 Å². The van der Waals surface area contributed by atoms with Crippen LogP contribution in [0.5, 0.6) is 0 Å². The Morgan fingerprint density at radius 1 is 0.944 bits per heavy atom. The second kappa shape index (κ2) is 13.4. The minimum absolute atomic E-state index is 0.850. The summed E-state index contributed by atoms with van der Waals surface area (Å²) in [4.78, 5) is 2.61. The van der Waals surface area contributed by atoms with Crippen LogP contribution in [-0.2, 0) is 0 Å². The molecule has 0 aromatic heterocycles. The molecule has 1 N–H and O–H groups in total. The van der Waals surface area contributed by atoms with Crippen LogP contribution in [0, 0.1) is 5.92 Å². The summed E-state index contributed by atoms with van der Waals surface area (Å²) in [6, 6.07) is 0. The molecule has 0 saturated heterocycles. The molecule has 0 radical (unpaired) electrons. The van der Waals surface area contributed by atoms with Gasteiger partial charge in [0, 0.05) is 6.54 Å². The predicted octanol–water partition coefficient (Wildman–Crippen LogP) is 3.91. The molecule has 0 fully saturated rings. The van der Waals surface area contributed by atoms with E-state index in [9.17, 15) is 0 Å². The van der Waals surface area contributed by atoms with E-state index in [1.165, 1.54) is 71.2 Å². The van der Waals surface area contributed by atoms with E-state index in [4.69, 9.17) is 0 Å². The van der Waals surface area contributed by atoms with Crippen LogP contribution < -0.4 is 5.32 Å². The van der Waals surface area contributed by atoms with Gasteiger partial charge < -0.3 is 10.2 Å². The Morgan fingerprint density at radius 2 is 1.67 bits per heavy atom. The summed E-state index contributed by atoms with van der Waals surface area (Å²) >= 11 is 0. The molecule has 0 amide bonds. The Labute approximate surface area is 116 Å². The minimum Gasteiger partial charge on any atom is -0.317 e. The number of rotatable bonds is 13. The summed E-state index contributed by atoms with van der Waals surface area (Å²) < 4.78 is 0. The van der Waals surface area contributed by atoms with Crippen molar-refractivity contribution in [3.8, 4) is 0 Å². The van der Waals surface area contributed by atoms with Crippen LogP contribution in [0.2, 0.25) is 0 Å². The molecule has 0 aromatic carbocycles. The summed E-state index contributed by atoms with van der Waals surface area (Å²) in [6.07, 6.45) is 8.05. The molecular weight excluding hydrogens is 220 g/mol. The van der Waals surface area contributed by atoms with E-state index < -0.39 is 0 Å². The van der Waals surface area contributed by atoms with Crippen LogP contribution in [0.4, 0.5) is 0 Å².